The molecule has 0 spiro atoms. The molecule has 6 heteroatoms. The van der Waals surface area contributed by atoms with E-state index in [1.54, 1.807) is 0 Å². The summed E-state index contributed by atoms with van der Waals surface area (Å²) in [6, 6.07) is 62.8. The lowest BCUT2D eigenvalue weighted by atomic mass is 10.0. The van der Waals surface area contributed by atoms with Gasteiger partial charge < -0.3 is 13.4 Å². The first kappa shape index (κ1) is 31.5. The summed E-state index contributed by atoms with van der Waals surface area (Å²) in [6.07, 6.45) is 0. The summed E-state index contributed by atoms with van der Waals surface area (Å²) in [5.74, 6) is 1.71. The molecule has 0 aliphatic rings. The van der Waals surface area contributed by atoms with Gasteiger partial charge in [0.2, 0.25) is 0 Å². The number of aromatic nitrogens is 4. The molecule has 0 atom stereocenters. The van der Waals surface area contributed by atoms with E-state index in [-0.39, 0.29) is 0 Å². The van der Waals surface area contributed by atoms with Crippen molar-refractivity contribution in [2.24, 2.45) is 0 Å². The van der Waals surface area contributed by atoms with E-state index < -0.39 is 0 Å². The zero-order valence-corrected chi connectivity index (χ0v) is 30.4. The number of rotatable bonds is 5. The molecule has 266 valence electrons. The molecule has 0 radical (unpaired) electrons. The van der Waals surface area contributed by atoms with Crippen molar-refractivity contribution in [3.05, 3.63) is 182 Å². The van der Waals surface area contributed by atoms with Gasteiger partial charge >= 0.3 is 0 Å². The van der Waals surface area contributed by atoms with Gasteiger partial charge in [-0.15, -0.1) is 0 Å². The highest BCUT2D eigenvalue weighted by molar-refractivity contribution is 6.14. The van der Waals surface area contributed by atoms with E-state index >= 15 is 0 Å². The zero-order valence-electron chi connectivity index (χ0n) is 30.4. The Hall–Kier alpha value is -7.83. The predicted octanol–water partition coefficient (Wildman–Crippen LogP) is 13.4. The van der Waals surface area contributed by atoms with Crippen molar-refractivity contribution in [3.8, 4) is 51.0 Å². The third-order valence-corrected chi connectivity index (χ3v) is 11.1. The van der Waals surface area contributed by atoms with Crippen LogP contribution in [0, 0.1) is 0 Å². The van der Waals surface area contributed by atoms with Crippen LogP contribution in [0.5, 0.6) is 0 Å². The van der Waals surface area contributed by atoms with Crippen LogP contribution in [0.25, 0.3) is 117 Å². The van der Waals surface area contributed by atoms with Crippen LogP contribution in [0.4, 0.5) is 0 Å². The molecule has 6 nitrogen and oxygen atoms in total. The second kappa shape index (κ2) is 12.3. The Balaban J connectivity index is 1.07. The van der Waals surface area contributed by atoms with Crippen molar-refractivity contribution in [1.29, 1.82) is 0 Å². The van der Waals surface area contributed by atoms with E-state index in [0.29, 0.717) is 17.5 Å². The van der Waals surface area contributed by atoms with Crippen LogP contribution in [0.2, 0.25) is 0 Å². The first-order chi connectivity index (χ1) is 28.2. The molecule has 0 N–H and O–H groups in total. The van der Waals surface area contributed by atoms with Gasteiger partial charge in [0.05, 0.1) is 11.0 Å². The number of hydrogen-bond acceptors (Lipinski definition) is 5. The van der Waals surface area contributed by atoms with Gasteiger partial charge in [0, 0.05) is 54.7 Å². The van der Waals surface area contributed by atoms with E-state index in [1.165, 1.54) is 21.9 Å². The molecule has 0 fully saturated rings. The quantitative estimate of drug-likeness (QED) is 0.176. The lowest BCUT2D eigenvalue weighted by Gasteiger charge is -2.10. The normalized spacial score (nSPS) is 11.9. The van der Waals surface area contributed by atoms with Crippen LogP contribution in [0.15, 0.2) is 191 Å². The van der Waals surface area contributed by atoms with Crippen LogP contribution in [-0.2, 0) is 0 Å². The summed E-state index contributed by atoms with van der Waals surface area (Å²) in [5, 5.41) is 6.47. The van der Waals surface area contributed by atoms with Gasteiger partial charge in [-0.2, -0.15) is 0 Å². The maximum absolute atomic E-state index is 6.55. The molecule has 4 aromatic heterocycles. The summed E-state index contributed by atoms with van der Waals surface area (Å²) < 4.78 is 15.2. The van der Waals surface area contributed by atoms with E-state index in [4.69, 9.17) is 23.8 Å². The van der Waals surface area contributed by atoms with Crippen molar-refractivity contribution in [2.75, 3.05) is 0 Å². The molecule has 12 aromatic rings. The molecule has 57 heavy (non-hydrogen) atoms. The average Bonchev–Trinajstić information content (AvgIpc) is 3.95. The van der Waals surface area contributed by atoms with E-state index in [2.05, 4.69) is 120 Å². The van der Waals surface area contributed by atoms with Crippen LogP contribution in [0.3, 0.4) is 0 Å². The first-order valence-corrected chi connectivity index (χ1v) is 19.0. The fourth-order valence-corrected chi connectivity index (χ4v) is 8.41. The lowest BCUT2D eigenvalue weighted by molar-refractivity contribution is 0.668. The zero-order chi connectivity index (χ0) is 37.5. The number of hydrogen-bond donors (Lipinski definition) is 0. The number of nitrogens with zero attached hydrogens (tertiary/aromatic N) is 4. The fourth-order valence-electron chi connectivity index (χ4n) is 8.41. The second-order valence-corrected chi connectivity index (χ2v) is 14.4. The van der Waals surface area contributed by atoms with Crippen molar-refractivity contribution in [3.63, 3.8) is 0 Å². The minimum absolute atomic E-state index is 0.561. The standard InChI is InChI=1S/C51H30N4O2/c1-3-12-31(13-4-1)33-22-25-37-36-16-7-9-19-42(36)55(43(37)28-33)35-24-27-45-41(30-35)48-40(18-11-21-46(48)56-45)51-53-49(32-14-5-2-6-15-32)52-50(54-51)34-23-26-39-38-17-8-10-20-44(38)57-47(39)29-34/h1-30H. The number of fused-ring (bicyclic) bond motifs is 9. The van der Waals surface area contributed by atoms with Gasteiger partial charge in [-0.05, 0) is 65.7 Å². The minimum atomic E-state index is 0.561. The van der Waals surface area contributed by atoms with Crippen LogP contribution in [0.1, 0.15) is 0 Å². The fraction of sp³-hybridized carbons (Fsp3) is 0. The monoisotopic (exact) mass is 730 g/mol. The van der Waals surface area contributed by atoms with Crippen LogP contribution < -0.4 is 0 Å². The highest BCUT2D eigenvalue weighted by Crippen LogP contribution is 2.40. The lowest BCUT2D eigenvalue weighted by Crippen LogP contribution is -2.00. The minimum Gasteiger partial charge on any atom is -0.456 e. The molecule has 0 aliphatic carbocycles. The number of benzene rings is 8. The molecule has 0 unspecified atom stereocenters. The highest BCUT2D eigenvalue weighted by atomic mass is 16.3. The van der Waals surface area contributed by atoms with Crippen molar-refractivity contribution < 1.29 is 8.83 Å². The molecular formula is C51H30N4O2. The van der Waals surface area contributed by atoms with Gasteiger partial charge in [0.1, 0.15) is 22.3 Å². The van der Waals surface area contributed by atoms with Gasteiger partial charge in [0.25, 0.3) is 0 Å². The Kier molecular flexibility index (Phi) is 6.83. The van der Waals surface area contributed by atoms with Crippen molar-refractivity contribution in [1.82, 2.24) is 19.5 Å². The summed E-state index contributed by atoms with van der Waals surface area (Å²) in [4.78, 5) is 15.3. The molecular weight excluding hydrogens is 701 g/mol. The third kappa shape index (κ3) is 5.01. The average molecular weight is 731 g/mol. The smallest absolute Gasteiger partial charge is 0.164 e. The van der Waals surface area contributed by atoms with E-state index in [9.17, 15) is 0 Å². The van der Waals surface area contributed by atoms with Gasteiger partial charge in [0.15, 0.2) is 17.5 Å². The molecule has 4 heterocycles. The molecule has 0 saturated carbocycles. The molecule has 0 saturated heterocycles. The molecule has 0 amide bonds. The molecule has 12 rings (SSSR count). The van der Waals surface area contributed by atoms with E-state index in [0.717, 1.165) is 77.3 Å². The maximum Gasteiger partial charge on any atom is 0.164 e. The summed E-state index contributed by atoms with van der Waals surface area (Å²) in [5.41, 5.74) is 11.5. The van der Waals surface area contributed by atoms with Crippen molar-refractivity contribution in [2.45, 2.75) is 0 Å². The number of para-hydroxylation sites is 2. The van der Waals surface area contributed by atoms with Gasteiger partial charge in [-0.1, -0.05) is 127 Å². The Morgan fingerprint density at radius 1 is 0.333 bits per heavy atom. The third-order valence-electron chi connectivity index (χ3n) is 11.1. The largest absolute Gasteiger partial charge is 0.456 e. The van der Waals surface area contributed by atoms with Crippen molar-refractivity contribution >= 4 is 65.7 Å². The van der Waals surface area contributed by atoms with Crippen LogP contribution >= 0.6 is 0 Å². The maximum atomic E-state index is 6.55. The summed E-state index contributed by atoms with van der Waals surface area (Å²) in [6.45, 7) is 0. The Morgan fingerprint density at radius 2 is 0.947 bits per heavy atom. The summed E-state index contributed by atoms with van der Waals surface area (Å²) >= 11 is 0. The first-order valence-electron chi connectivity index (χ1n) is 19.0. The van der Waals surface area contributed by atoms with Gasteiger partial charge in [-0.3, -0.25) is 0 Å². The Bertz CT molecular complexity index is 3530. The Morgan fingerprint density at radius 3 is 1.81 bits per heavy atom. The second-order valence-electron chi connectivity index (χ2n) is 14.4. The molecule has 8 aromatic carbocycles. The SMILES string of the molecule is c1ccc(-c2ccc3c4ccccc4n(-c4ccc5oc6cccc(-c7nc(-c8ccccc8)nc(-c8ccc9c(c8)oc8ccccc89)n7)c6c5c4)c3c2)cc1. The molecule has 0 bridgehead atoms. The molecule has 0 aliphatic heterocycles. The predicted molar refractivity (Wildman–Crippen MR) is 230 cm³/mol. The van der Waals surface area contributed by atoms with Crippen LogP contribution in [-0.4, -0.2) is 19.5 Å². The topological polar surface area (TPSA) is 69.9 Å². The highest BCUT2D eigenvalue weighted by Gasteiger charge is 2.20. The van der Waals surface area contributed by atoms with E-state index in [1.807, 2.05) is 66.7 Å². The van der Waals surface area contributed by atoms with Gasteiger partial charge in [-0.25, -0.2) is 15.0 Å². The summed E-state index contributed by atoms with van der Waals surface area (Å²) in [7, 11) is 0. The number of furan rings is 2. The Labute approximate surface area is 325 Å².